The van der Waals surface area contributed by atoms with Gasteiger partial charge in [0.25, 0.3) is 0 Å². The molecule has 0 aliphatic heterocycles. The first-order chi connectivity index (χ1) is 5.35. The lowest BCUT2D eigenvalue weighted by Crippen LogP contribution is -2.72. The van der Waals surface area contributed by atoms with Crippen LogP contribution in [-0.4, -0.2) is 5.21 Å². The highest BCUT2D eigenvalue weighted by atomic mass is 16.5. The van der Waals surface area contributed by atoms with E-state index in [1.807, 2.05) is 23.7 Å². The van der Waals surface area contributed by atoms with Crippen LogP contribution in [0.25, 0.3) is 0 Å². The van der Waals surface area contributed by atoms with Gasteiger partial charge in [0.1, 0.15) is 0 Å². The van der Waals surface area contributed by atoms with E-state index in [-0.39, 0.29) is 0 Å². The van der Waals surface area contributed by atoms with E-state index in [0.29, 0.717) is 5.69 Å². The predicted molar refractivity (Wildman–Crippen MR) is 40.4 cm³/mol. The number of anilines is 1. The first-order valence-corrected chi connectivity index (χ1v) is 2.88. The van der Waals surface area contributed by atoms with Crippen molar-refractivity contribution in [1.82, 2.24) is 0 Å². The fourth-order valence-corrected chi connectivity index (χ4v) is 0.513. The van der Waals surface area contributed by atoms with E-state index in [1.54, 1.807) is 12.1 Å². The molecule has 5 N–H and O–H groups in total. The molecule has 0 atom stereocenters. The number of benzene rings is 1. The van der Waals surface area contributed by atoms with Gasteiger partial charge in [0.2, 0.25) is 0 Å². The van der Waals surface area contributed by atoms with Crippen molar-refractivity contribution in [3.63, 3.8) is 0 Å². The van der Waals surface area contributed by atoms with E-state index in [0.717, 1.165) is 5.29 Å². The highest BCUT2D eigenvalue weighted by Crippen LogP contribution is 2.01. The number of para-hydroxylation sites is 1. The molecule has 0 heterocycles. The fraction of sp³-hybridized carbons (Fsp3) is 0. The topological polar surface area (TPSA) is 89.3 Å². The predicted octanol–water partition coefficient (Wildman–Crippen LogP) is -0.805. The SMILES string of the molecule is N[NH+]=O.ONc1ccccc1. The summed E-state index contributed by atoms with van der Waals surface area (Å²) in [6.07, 6.45) is 0. The zero-order valence-corrected chi connectivity index (χ0v) is 5.82. The van der Waals surface area contributed by atoms with Crippen molar-refractivity contribution in [3.05, 3.63) is 35.2 Å². The Bertz CT molecular complexity index is 190. The third-order valence-electron chi connectivity index (χ3n) is 0.903. The van der Waals surface area contributed by atoms with E-state index in [9.17, 15) is 0 Å². The van der Waals surface area contributed by atoms with Gasteiger partial charge in [0, 0.05) is 4.91 Å². The summed E-state index contributed by atoms with van der Waals surface area (Å²) >= 11 is 0. The van der Waals surface area contributed by atoms with E-state index in [4.69, 9.17) is 10.1 Å². The smallest absolute Gasteiger partial charge is 0.0972 e. The van der Waals surface area contributed by atoms with Crippen LogP contribution >= 0.6 is 0 Å². The molecule has 0 aromatic heterocycles. The van der Waals surface area contributed by atoms with Crippen LogP contribution in [0, 0.1) is 4.91 Å². The van der Waals surface area contributed by atoms with Crippen LogP contribution in [0.15, 0.2) is 30.3 Å². The Balaban J connectivity index is 0.000000292. The minimum absolute atomic E-state index is 0.715. The molecule has 5 heteroatoms. The van der Waals surface area contributed by atoms with Crippen molar-refractivity contribution in [2.75, 3.05) is 5.48 Å². The summed E-state index contributed by atoms with van der Waals surface area (Å²) in [5.74, 6) is 4.04. The summed E-state index contributed by atoms with van der Waals surface area (Å²) in [4.78, 5) is 8.46. The van der Waals surface area contributed by atoms with Crippen molar-refractivity contribution >= 4 is 5.69 Å². The summed E-state index contributed by atoms with van der Waals surface area (Å²) in [6, 6.07) is 9.14. The molecule has 11 heavy (non-hydrogen) atoms. The Morgan fingerprint density at radius 2 is 1.82 bits per heavy atom. The maximum absolute atomic E-state index is 8.46. The van der Waals surface area contributed by atoms with Crippen molar-refractivity contribution in [3.8, 4) is 0 Å². The minimum Gasteiger partial charge on any atom is -0.291 e. The molecule has 0 spiro atoms. The summed E-state index contributed by atoms with van der Waals surface area (Å²) in [5, 5.41) is 9.29. The van der Waals surface area contributed by atoms with Gasteiger partial charge in [-0.15, -0.1) is 0 Å². The van der Waals surface area contributed by atoms with E-state index in [2.05, 4.69) is 5.84 Å². The molecular formula is C6H10N3O2+. The molecule has 0 saturated heterocycles. The number of hydrogen-bond donors (Lipinski definition) is 4. The van der Waals surface area contributed by atoms with Gasteiger partial charge in [0.15, 0.2) is 0 Å². The second-order valence-corrected chi connectivity index (χ2v) is 1.60. The second kappa shape index (κ2) is 6.50. The van der Waals surface area contributed by atoms with Crippen LogP contribution in [-0.2, 0) is 0 Å². The average Bonchev–Trinajstić information content (AvgIpc) is 2.08. The summed E-state index contributed by atoms with van der Waals surface area (Å²) in [5.41, 5.74) is 2.74. The molecule has 1 aromatic rings. The lowest BCUT2D eigenvalue weighted by molar-refractivity contribution is -0.492. The van der Waals surface area contributed by atoms with Gasteiger partial charge >= 0.3 is 0 Å². The van der Waals surface area contributed by atoms with Crippen molar-refractivity contribution in [2.24, 2.45) is 5.84 Å². The highest BCUT2D eigenvalue weighted by Gasteiger charge is 1.79. The van der Waals surface area contributed by atoms with Crippen molar-refractivity contribution < 1.29 is 10.5 Å². The van der Waals surface area contributed by atoms with Gasteiger partial charge < -0.3 is 0 Å². The van der Waals surface area contributed by atoms with Gasteiger partial charge in [-0.05, 0) is 12.1 Å². The van der Waals surface area contributed by atoms with Crippen molar-refractivity contribution in [2.45, 2.75) is 0 Å². The molecule has 0 radical (unpaired) electrons. The van der Waals surface area contributed by atoms with Crippen LogP contribution < -0.4 is 16.6 Å². The highest BCUT2D eigenvalue weighted by molar-refractivity contribution is 5.39. The van der Waals surface area contributed by atoms with Crippen molar-refractivity contribution in [1.29, 1.82) is 0 Å². The molecule has 0 bridgehead atoms. The number of hydrazine groups is 1. The van der Waals surface area contributed by atoms with E-state index < -0.39 is 0 Å². The van der Waals surface area contributed by atoms with Crippen LogP contribution in [0.3, 0.4) is 0 Å². The molecule has 0 amide bonds. The Labute approximate surface area is 63.7 Å². The number of hydrogen-bond acceptors (Lipinski definition) is 3. The van der Waals surface area contributed by atoms with Gasteiger partial charge in [-0.3, -0.25) is 10.7 Å². The van der Waals surface area contributed by atoms with Gasteiger partial charge in [0.05, 0.1) is 11.0 Å². The molecule has 60 valence electrons. The molecule has 0 fully saturated rings. The Morgan fingerprint density at radius 1 is 1.36 bits per heavy atom. The normalized spacial score (nSPS) is 7.36. The maximum Gasteiger partial charge on any atom is 0.0972 e. The van der Waals surface area contributed by atoms with Gasteiger partial charge in [-0.1, -0.05) is 18.2 Å². The lowest BCUT2D eigenvalue weighted by Gasteiger charge is -1.92. The molecule has 1 aromatic carbocycles. The van der Waals surface area contributed by atoms with E-state index in [1.165, 1.54) is 0 Å². The second-order valence-electron chi connectivity index (χ2n) is 1.60. The molecular weight excluding hydrogens is 146 g/mol. The first kappa shape index (κ1) is 9.38. The fourth-order valence-electron chi connectivity index (χ4n) is 0.513. The quantitative estimate of drug-likeness (QED) is 0.316. The Morgan fingerprint density at radius 3 is 2.09 bits per heavy atom. The van der Waals surface area contributed by atoms with Gasteiger partial charge in [-0.25, -0.2) is 0 Å². The third-order valence-corrected chi connectivity index (χ3v) is 0.903. The third kappa shape index (κ3) is 4.86. The molecule has 0 saturated carbocycles. The molecule has 5 nitrogen and oxygen atoms in total. The number of rotatable bonds is 1. The monoisotopic (exact) mass is 156 g/mol. The van der Waals surface area contributed by atoms with Crippen LogP contribution in [0.2, 0.25) is 0 Å². The Kier molecular flexibility index (Phi) is 5.54. The minimum atomic E-state index is 0.715. The molecule has 0 aliphatic carbocycles. The van der Waals surface area contributed by atoms with Crippen LogP contribution in [0.5, 0.6) is 0 Å². The average molecular weight is 156 g/mol. The number of nitrogens with one attached hydrogen (secondary N) is 2. The van der Waals surface area contributed by atoms with Crippen LogP contribution in [0.1, 0.15) is 0 Å². The van der Waals surface area contributed by atoms with Crippen LogP contribution in [0.4, 0.5) is 5.69 Å². The standard InChI is InChI=1S/C6H7NO.H2N2O/c8-7-6-4-2-1-3-5-6;1-2-3/h1-5,7-8H;(H2,1,3)/p+1. The molecule has 0 aliphatic rings. The lowest BCUT2D eigenvalue weighted by atomic mass is 10.3. The first-order valence-electron chi connectivity index (χ1n) is 2.88. The zero-order chi connectivity index (χ0) is 8.53. The number of nitroso groups, excluding NO2 is 1. The Hall–Kier alpha value is -1.62. The molecule has 0 unspecified atom stereocenters. The summed E-state index contributed by atoms with van der Waals surface area (Å²) in [6.45, 7) is 0. The summed E-state index contributed by atoms with van der Waals surface area (Å²) < 4.78 is 0. The molecule has 1 rings (SSSR count). The summed E-state index contributed by atoms with van der Waals surface area (Å²) in [7, 11) is 0. The zero-order valence-electron chi connectivity index (χ0n) is 5.82. The van der Waals surface area contributed by atoms with Gasteiger partial charge in [-0.2, -0.15) is 5.84 Å². The largest absolute Gasteiger partial charge is 0.291 e. The maximum atomic E-state index is 8.46. The van der Waals surface area contributed by atoms with E-state index >= 15 is 0 Å². The number of nitrogens with two attached hydrogens (primary N) is 1.